The largest absolute Gasteiger partial charge is 2.00 e. The first-order chi connectivity index (χ1) is 13.0. The fourth-order valence-corrected chi connectivity index (χ4v) is 4.59. The Morgan fingerprint density at radius 1 is 0.677 bits per heavy atom. The minimum absolute atomic E-state index is 0. The topological polar surface area (TPSA) is 40.5 Å². The third-order valence-corrected chi connectivity index (χ3v) is 6.14. The molecule has 0 aliphatic rings. The van der Waals surface area contributed by atoms with Crippen LogP contribution in [0.1, 0.15) is 74.6 Å². The maximum atomic E-state index is 11.2. The van der Waals surface area contributed by atoms with Gasteiger partial charge in [-0.2, -0.15) is 0 Å². The number of benzene rings is 2. The first-order valence-corrected chi connectivity index (χ1v) is 10.6. The molecule has 166 valence electrons. The fraction of sp³-hybridized carbons (Fsp3) is 0.360. The van der Waals surface area contributed by atoms with Gasteiger partial charge >= 0.3 is 21.7 Å². The van der Waals surface area contributed by atoms with Gasteiger partial charge in [0.25, 0.3) is 0 Å². The Labute approximate surface area is 217 Å². The van der Waals surface area contributed by atoms with E-state index >= 15 is 0 Å². The third kappa shape index (κ3) is 6.30. The van der Waals surface area contributed by atoms with Crippen LogP contribution in [0.25, 0.3) is 0 Å². The van der Waals surface area contributed by atoms with Gasteiger partial charge in [-0.25, -0.2) is 0 Å². The van der Waals surface area contributed by atoms with Crippen LogP contribution in [0.3, 0.4) is 0 Å². The second-order valence-corrected chi connectivity index (χ2v) is 10.4. The standard InChI is InChI=1S/C25H30O2S.2ClH.Ti/c1-24(2,3)18-12-7-10-16(22(18)26)21(20-14-9-15-28-20)17-11-8-13-19(23(17)27)25(4,5)6;;;/h7-15,21,26-27H,1-6H3;2*1H;/q;;;+2/p-2. The summed E-state index contributed by atoms with van der Waals surface area (Å²) in [6.45, 7) is 12.6. The van der Waals surface area contributed by atoms with Gasteiger partial charge < -0.3 is 35.0 Å². The van der Waals surface area contributed by atoms with Gasteiger partial charge in [0.15, 0.2) is 0 Å². The van der Waals surface area contributed by atoms with Gasteiger partial charge in [-0.3, -0.25) is 0 Å². The van der Waals surface area contributed by atoms with Gasteiger partial charge in [0, 0.05) is 16.0 Å². The monoisotopic (exact) mass is 512 g/mol. The van der Waals surface area contributed by atoms with Crippen molar-refractivity contribution in [2.24, 2.45) is 0 Å². The van der Waals surface area contributed by atoms with Crippen molar-refractivity contribution in [2.75, 3.05) is 0 Å². The molecule has 0 bridgehead atoms. The van der Waals surface area contributed by atoms with Gasteiger partial charge in [0.2, 0.25) is 0 Å². The summed E-state index contributed by atoms with van der Waals surface area (Å²) >= 11 is 1.64. The van der Waals surface area contributed by atoms with Crippen molar-refractivity contribution >= 4 is 11.3 Å². The quantitative estimate of drug-likeness (QED) is 0.513. The molecule has 0 radical (unpaired) electrons. The van der Waals surface area contributed by atoms with Crippen LogP contribution in [0.4, 0.5) is 0 Å². The van der Waals surface area contributed by atoms with Crippen molar-refractivity contribution in [3.05, 3.63) is 81.0 Å². The molecule has 0 amide bonds. The molecule has 0 aliphatic carbocycles. The number of halogens is 2. The summed E-state index contributed by atoms with van der Waals surface area (Å²) in [5.74, 6) is 0.410. The smallest absolute Gasteiger partial charge is 1.00 e. The molecule has 0 saturated carbocycles. The van der Waals surface area contributed by atoms with E-state index in [0.717, 1.165) is 27.1 Å². The number of para-hydroxylation sites is 2. The average Bonchev–Trinajstić information content (AvgIpc) is 3.10. The Morgan fingerprint density at radius 3 is 1.42 bits per heavy atom. The van der Waals surface area contributed by atoms with Crippen LogP contribution in [0.5, 0.6) is 11.5 Å². The zero-order valence-corrected chi connectivity index (χ0v) is 22.7. The van der Waals surface area contributed by atoms with Gasteiger partial charge in [0.05, 0.1) is 5.92 Å². The van der Waals surface area contributed by atoms with E-state index in [1.807, 2.05) is 47.8 Å². The van der Waals surface area contributed by atoms with Crippen molar-refractivity contribution in [2.45, 2.75) is 58.3 Å². The normalized spacial score (nSPS) is 11.3. The van der Waals surface area contributed by atoms with E-state index in [4.69, 9.17) is 0 Å². The molecule has 0 unspecified atom stereocenters. The van der Waals surface area contributed by atoms with Crippen molar-refractivity contribution in [1.82, 2.24) is 0 Å². The zero-order chi connectivity index (χ0) is 20.7. The van der Waals surface area contributed by atoms with E-state index < -0.39 is 0 Å². The van der Waals surface area contributed by atoms with E-state index in [9.17, 15) is 10.2 Å². The van der Waals surface area contributed by atoms with Crippen LogP contribution < -0.4 is 24.8 Å². The number of rotatable bonds is 3. The Morgan fingerprint density at radius 2 is 1.10 bits per heavy atom. The van der Waals surface area contributed by atoms with Gasteiger partial charge in [-0.15, -0.1) is 11.3 Å². The van der Waals surface area contributed by atoms with Crippen LogP contribution in [0, 0.1) is 0 Å². The maximum absolute atomic E-state index is 11.2. The van der Waals surface area contributed by atoms with Crippen LogP contribution in [0.2, 0.25) is 0 Å². The molecule has 3 aromatic rings. The molecule has 1 heterocycles. The van der Waals surface area contributed by atoms with E-state index in [-0.39, 0.29) is 63.3 Å². The molecule has 2 N–H and O–H groups in total. The second-order valence-electron chi connectivity index (χ2n) is 9.44. The Balaban J connectivity index is 0.00000300. The molecule has 0 atom stereocenters. The predicted molar refractivity (Wildman–Crippen MR) is 119 cm³/mol. The molecular formula is C25H30Cl2O2STi. The number of phenolic OH excluding ortho intramolecular Hbond substituents is 2. The van der Waals surface area contributed by atoms with E-state index in [1.54, 1.807) is 11.3 Å². The van der Waals surface area contributed by atoms with E-state index in [1.165, 1.54) is 0 Å². The van der Waals surface area contributed by atoms with Gasteiger partial charge in [0.1, 0.15) is 11.5 Å². The minimum Gasteiger partial charge on any atom is -1.00 e. The molecule has 0 saturated heterocycles. The third-order valence-electron chi connectivity index (χ3n) is 5.20. The molecule has 0 aliphatic heterocycles. The van der Waals surface area contributed by atoms with Crippen LogP contribution in [0.15, 0.2) is 53.9 Å². The first kappa shape index (κ1) is 30.0. The fourth-order valence-electron chi connectivity index (χ4n) is 3.73. The second kappa shape index (κ2) is 11.3. The predicted octanol–water partition coefficient (Wildman–Crippen LogP) is 0.940. The number of thiophene rings is 1. The van der Waals surface area contributed by atoms with Crippen molar-refractivity contribution in [3.8, 4) is 11.5 Å². The summed E-state index contributed by atoms with van der Waals surface area (Å²) in [7, 11) is 0. The first-order valence-electron chi connectivity index (χ1n) is 9.70. The Kier molecular flexibility index (Phi) is 10.9. The maximum Gasteiger partial charge on any atom is 2.00 e. The zero-order valence-electron chi connectivity index (χ0n) is 18.8. The molecule has 1 aromatic heterocycles. The van der Waals surface area contributed by atoms with Gasteiger partial charge in [-0.05, 0) is 33.4 Å². The average molecular weight is 513 g/mol. The molecule has 31 heavy (non-hydrogen) atoms. The molecular weight excluding hydrogens is 483 g/mol. The summed E-state index contributed by atoms with van der Waals surface area (Å²) in [6.07, 6.45) is 0. The summed E-state index contributed by atoms with van der Waals surface area (Å²) in [4.78, 5) is 1.10. The van der Waals surface area contributed by atoms with Crippen molar-refractivity contribution in [1.29, 1.82) is 0 Å². The molecule has 3 rings (SSSR count). The Hall–Kier alpha value is -0.966. The summed E-state index contributed by atoms with van der Waals surface area (Å²) in [5, 5.41) is 24.4. The Bertz CT molecular complexity index is 911. The van der Waals surface area contributed by atoms with Crippen LogP contribution in [-0.4, -0.2) is 10.2 Å². The van der Waals surface area contributed by atoms with Crippen LogP contribution >= 0.6 is 11.3 Å². The molecule has 2 aromatic carbocycles. The molecule has 6 heteroatoms. The summed E-state index contributed by atoms with van der Waals surface area (Å²) in [6, 6.07) is 16.0. The van der Waals surface area contributed by atoms with E-state index in [0.29, 0.717) is 11.5 Å². The summed E-state index contributed by atoms with van der Waals surface area (Å²) < 4.78 is 0. The molecule has 2 nitrogen and oxygen atoms in total. The number of hydrogen-bond donors (Lipinski definition) is 2. The van der Waals surface area contributed by atoms with Crippen molar-refractivity contribution < 1.29 is 56.7 Å². The minimum atomic E-state index is -0.218. The van der Waals surface area contributed by atoms with Crippen molar-refractivity contribution in [3.63, 3.8) is 0 Å². The molecule has 0 fully saturated rings. The number of phenols is 2. The van der Waals surface area contributed by atoms with Gasteiger partial charge in [-0.1, -0.05) is 84.0 Å². The van der Waals surface area contributed by atoms with Crippen LogP contribution in [-0.2, 0) is 32.5 Å². The number of hydrogen-bond acceptors (Lipinski definition) is 3. The molecule has 0 spiro atoms. The SMILES string of the molecule is CC(C)(C)c1cccc(C(c2cccs2)c2cccc(C(C)(C)C)c2O)c1O.[Cl-].[Cl-].[Ti+2]. The number of aromatic hydroxyl groups is 2. The van der Waals surface area contributed by atoms with E-state index in [2.05, 4.69) is 47.6 Å². The summed E-state index contributed by atoms with van der Waals surface area (Å²) in [5.41, 5.74) is 3.15.